The quantitative estimate of drug-likeness (QED) is 0.0340. The molecule has 48 heteroatoms. The third-order valence-corrected chi connectivity index (χ3v) is 20.0. The summed E-state index contributed by atoms with van der Waals surface area (Å²) in [7, 11) is 0. The first-order valence-corrected chi connectivity index (χ1v) is 33.8. The first-order valence-electron chi connectivity index (χ1n) is 33.8. The van der Waals surface area contributed by atoms with Gasteiger partial charge in [-0.1, -0.05) is 0 Å². The highest BCUT2D eigenvalue weighted by Gasteiger charge is 2.69. The summed E-state index contributed by atoms with van der Waals surface area (Å²) in [6, 6.07) is -1.87. The third kappa shape index (κ3) is 17.5. The second kappa shape index (κ2) is 36.1. The van der Waals surface area contributed by atoms with Gasteiger partial charge in [-0.15, -0.1) is 0 Å². The van der Waals surface area contributed by atoms with Crippen molar-refractivity contribution in [2.45, 2.75) is 290 Å². The van der Waals surface area contributed by atoms with Crippen LogP contribution in [0.15, 0.2) is 0 Å². The lowest BCUT2D eigenvalue weighted by Crippen LogP contribution is -2.70. The molecule has 0 aliphatic carbocycles. The molecule has 614 valence electrons. The summed E-state index contributed by atoms with van der Waals surface area (Å²) in [4.78, 5) is 25.3. The Morgan fingerprint density at radius 1 is 0.302 bits per heavy atom. The number of fused-ring (bicyclic) bond motifs is 1. The lowest BCUT2D eigenvalue weighted by atomic mass is 9.94. The van der Waals surface area contributed by atoms with Gasteiger partial charge in [0.15, 0.2) is 56.0 Å². The molecule has 10 aliphatic rings. The number of hydrogen-bond acceptors (Lipinski definition) is 46. The number of hydrogen-bond donors (Lipinski definition) is 29. The fourth-order valence-corrected chi connectivity index (χ4v) is 13.9. The molecule has 29 N–H and O–H groups in total. The predicted molar refractivity (Wildman–Crippen MR) is 320 cm³/mol. The maximum absolute atomic E-state index is 13.0. The number of aliphatic hydroxyl groups is 26. The molecule has 0 aromatic heterocycles. The maximum atomic E-state index is 13.0. The molecule has 0 radical (unpaired) electrons. The van der Waals surface area contributed by atoms with Crippen LogP contribution in [-0.2, 0) is 90.1 Å². The predicted octanol–water partition coefficient (Wildman–Crippen LogP) is -20.4. The molecule has 10 aliphatic heterocycles. The van der Waals surface area contributed by atoms with E-state index in [4.69, 9.17) is 80.5 Å². The zero-order valence-electron chi connectivity index (χ0n) is 56.2. The van der Waals surface area contributed by atoms with Crippen molar-refractivity contribution < 1.29 is 223 Å². The van der Waals surface area contributed by atoms with E-state index in [9.17, 15) is 142 Å². The molecule has 2 amide bonds. The summed E-state index contributed by atoms with van der Waals surface area (Å²) in [5, 5.41) is 294. The largest absolute Gasteiger partial charge is 0.394 e. The molecule has 10 saturated heterocycles. The van der Waals surface area contributed by atoms with E-state index in [1.54, 1.807) is 0 Å². The van der Waals surface area contributed by atoms with Gasteiger partial charge in [0.25, 0.3) is 0 Å². The topological polar surface area (TPSA) is 763 Å². The zero-order valence-corrected chi connectivity index (χ0v) is 56.2. The van der Waals surface area contributed by atoms with E-state index in [0.29, 0.717) is 0 Å². The molecular formula is C58H97N3O45. The molecule has 0 bridgehead atoms. The minimum Gasteiger partial charge on any atom is -0.394 e. The average molecular weight is 1560 g/mol. The van der Waals surface area contributed by atoms with Crippen LogP contribution in [0.1, 0.15) is 13.8 Å². The molecule has 48 nitrogen and oxygen atoms in total. The molecule has 0 aromatic carbocycles. The van der Waals surface area contributed by atoms with Gasteiger partial charge in [0.2, 0.25) is 11.8 Å². The summed E-state index contributed by atoms with van der Waals surface area (Å²) >= 11 is 0. The van der Waals surface area contributed by atoms with Gasteiger partial charge in [0.05, 0.1) is 59.5 Å². The molecule has 10 heterocycles. The van der Waals surface area contributed by atoms with Gasteiger partial charge in [-0.2, -0.15) is 0 Å². The SMILES string of the molecule is CC(=O)N[C@H]1[C@H](O[C@@H]2[C@@H](CO)O[C@@H]3N[C@@]3(NC(C)=O)[C@H]2O)O[C@H](CO)[C@@H](O[C@@H]2O[C@H](CO[C@H]3O[C@H](CO[C@H]4O[C@H](CO)[C@@H](O)[C@H](O)[C@@H]4O)[C@@H](O)[C@H](O[C@H]4O[C@H](CO)[C@@H](O)[C@H](O)[C@@H]4O)[C@@H]3O)[C@@H](O)[C@H](O[C@H]3O[C@H](CO)[C@@H](O)[C@H](O)[C@@H]3O[C@H]3O[C@H](CO)[C@@H](O)[C@H](O)[C@@H]3O[C@H]3O[C@H](CO)[C@@H](O)[C@H](O)[C@@H]3O)[C@@H]2O)[C@@H]1O. The minimum atomic E-state index is -2.56. The summed E-state index contributed by atoms with van der Waals surface area (Å²) in [6.07, 6.45) is -88.9. The molecular weight excluding hydrogens is 1460 g/mol. The molecule has 10 fully saturated rings. The van der Waals surface area contributed by atoms with Gasteiger partial charge in [-0.25, -0.2) is 0 Å². The van der Waals surface area contributed by atoms with Crippen LogP contribution in [0.4, 0.5) is 0 Å². The Hall–Kier alpha value is -2.82. The highest BCUT2D eigenvalue weighted by atomic mass is 16.8. The number of rotatable bonds is 27. The zero-order chi connectivity index (χ0) is 77.6. The standard InChI is InChI=1S/C58H97N3O45/c1-12(69)59-23-31(78)42(19(8-67)97-49(23)102-43-20(9-68)100-57-58(61-57,48(43)89)60-13(2)70)101-54-41(88)45(104-55-47(36(83)28(75)17(6-65)95-55)106-56-46(35(82)27(74)18(7-66)96-56)105-53-39(86)34(81)26(73)16(5-64)94-53)30(77)22(99-54)11-91-51-40(87)44(103-52-38(85)33(80)25(72)15(4-63)93-52)29(76)21(98-51)10-90-50-37(84)32(79)24(71)14(3-62)92-50/h14-57,61-68,71-89H,3-11H2,1-2H3,(H,59,69)(H,60,70)/t14-,15-,16-,17-,18-,19-,20-,21-,22-,23-,24-,25-,26-,27-,28-,29-,30-,31-,32+,33+,34+,35+,36+,37+,38+,39+,40+,41+,42-,43-,44+,45+,46+,47+,48+,49+,50+,51+,52-,53-,54+,55-,56-,57+,58+/m1/s1. The highest BCUT2D eigenvalue weighted by molar-refractivity contribution is 5.75. The number of ether oxygens (including phenoxy) is 17. The second-order valence-electron chi connectivity index (χ2n) is 27.1. The summed E-state index contributed by atoms with van der Waals surface area (Å²) in [6.45, 7) is -7.38. The van der Waals surface area contributed by atoms with E-state index >= 15 is 0 Å². The first kappa shape index (κ1) is 85.6. The number of nitrogens with one attached hydrogen (secondary N) is 3. The van der Waals surface area contributed by atoms with Crippen LogP contribution >= 0.6 is 0 Å². The molecule has 45 atom stereocenters. The molecule has 0 unspecified atom stereocenters. The van der Waals surface area contributed by atoms with Gasteiger partial charge in [0, 0.05) is 13.8 Å². The average Bonchev–Trinajstić information content (AvgIpc) is 1.54. The lowest BCUT2D eigenvalue weighted by molar-refractivity contribution is -0.408. The van der Waals surface area contributed by atoms with Crippen molar-refractivity contribution in [1.82, 2.24) is 16.0 Å². The van der Waals surface area contributed by atoms with Crippen molar-refractivity contribution in [2.75, 3.05) is 59.5 Å². The van der Waals surface area contributed by atoms with E-state index < -0.39 is 347 Å². The number of aliphatic hydroxyl groups excluding tert-OH is 26. The molecule has 106 heavy (non-hydrogen) atoms. The smallest absolute Gasteiger partial charge is 0.218 e. The minimum absolute atomic E-state index is 0.657. The van der Waals surface area contributed by atoms with Crippen LogP contribution in [0, 0.1) is 0 Å². The Morgan fingerprint density at radius 2 is 0.613 bits per heavy atom. The number of amides is 2. The van der Waals surface area contributed by atoms with Crippen molar-refractivity contribution in [3.05, 3.63) is 0 Å². The Morgan fingerprint density at radius 3 is 1.05 bits per heavy atom. The van der Waals surface area contributed by atoms with Crippen LogP contribution in [-0.4, -0.2) is 480 Å². The van der Waals surface area contributed by atoms with Crippen molar-refractivity contribution in [1.29, 1.82) is 0 Å². The monoisotopic (exact) mass is 1560 g/mol. The lowest BCUT2D eigenvalue weighted by Gasteiger charge is -2.51. The summed E-state index contributed by atoms with van der Waals surface area (Å²) in [5.74, 6) is -1.57. The molecule has 0 spiro atoms. The van der Waals surface area contributed by atoms with Crippen LogP contribution in [0.5, 0.6) is 0 Å². The maximum Gasteiger partial charge on any atom is 0.218 e. The molecule has 0 aromatic rings. The first-order chi connectivity index (χ1) is 50.2. The highest BCUT2D eigenvalue weighted by Crippen LogP contribution is 2.42. The number of carbonyl (C=O) groups excluding carboxylic acids is 2. The van der Waals surface area contributed by atoms with Crippen LogP contribution in [0.2, 0.25) is 0 Å². The Balaban J connectivity index is 0.979. The Kier molecular flexibility index (Phi) is 29.2. The van der Waals surface area contributed by atoms with Crippen molar-refractivity contribution in [3.8, 4) is 0 Å². The fourth-order valence-electron chi connectivity index (χ4n) is 13.9. The van der Waals surface area contributed by atoms with E-state index in [1.165, 1.54) is 0 Å². The molecule has 0 saturated carbocycles. The fraction of sp³-hybridized carbons (Fsp3) is 0.966. The van der Waals surface area contributed by atoms with Crippen molar-refractivity contribution in [2.24, 2.45) is 0 Å². The van der Waals surface area contributed by atoms with E-state index in [1.807, 2.05) is 0 Å². The van der Waals surface area contributed by atoms with E-state index in [-0.39, 0.29) is 0 Å². The van der Waals surface area contributed by atoms with Crippen molar-refractivity contribution >= 4 is 11.8 Å². The van der Waals surface area contributed by atoms with Gasteiger partial charge in [-0.05, 0) is 0 Å². The van der Waals surface area contributed by atoms with Crippen molar-refractivity contribution in [3.63, 3.8) is 0 Å². The summed E-state index contributed by atoms with van der Waals surface area (Å²) < 4.78 is 99.7. The van der Waals surface area contributed by atoms with E-state index in [0.717, 1.165) is 13.8 Å². The third-order valence-electron chi connectivity index (χ3n) is 20.0. The van der Waals surface area contributed by atoms with Gasteiger partial charge in [-0.3, -0.25) is 14.9 Å². The van der Waals surface area contributed by atoms with Gasteiger partial charge >= 0.3 is 0 Å². The van der Waals surface area contributed by atoms with Gasteiger partial charge < -0.3 is 224 Å². The summed E-state index contributed by atoms with van der Waals surface area (Å²) in [5.41, 5.74) is -1.70. The normalized spacial score (nSPS) is 52.2. The van der Waals surface area contributed by atoms with Crippen LogP contribution < -0.4 is 16.0 Å². The van der Waals surface area contributed by atoms with Crippen LogP contribution in [0.25, 0.3) is 0 Å². The molecule has 10 rings (SSSR count). The Labute approximate surface area is 598 Å². The van der Waals surface area contributed by atoms with Crippen LogP contribution in [0.3, 0.4) is 0 Å². The van der Waals surface area contributed by atoms with E-state index in [2.05, 4.69) is 16.0 Å². The second-order valence-corrected chi connectivity index (χ2v) is 27.1. The van der Waals surface area contributed by atoms with Gasteiger partial charge in [0.1, 0.15) is 220 Å². The Bertz CT molecular complexity index is 2790. The number of carbonyl (C=O) groups is 2.